The quantitative estimate of drug-likeness (QED) is 0.887. The third kappa shape index (κ3) is 3.32. The number of hydrogen-bond donors (Lipinski definition) is 2. The fourth-order valence-electron chi connectivity index (χ4n) is 3.48. The molecule has 1 saturated heterocycles. The molecule has 128 valence electrons. The molecule has 6 heteroatoms. The first kappa shape index (κ1) is 17.0. The summed E-state index contributed by atoms with van der Waals surface area (Å²) in [6.45, 7) is 3.35. The van der Waals surface area contributed by atoms with Gasteiger partial charge in [0.25, 0.3) is 5.91 Å². The Morgan fingerprint density at radius 3 is 2.92 bits per heavy atom. The zero-order valence-corrected chi connectivity index (χ0v) is 14.5. The van der Waals surface area contributed by atoms with Crippen molar-refractivity contribution < 1.29 is 9.18 Å². The van der Waals surface area contributed by atoms with Gasteiger partial charge in [0.1, 0.15) is 5.82 Å². The van der Waals surface area contributed by atoms with E-state index in [1.165, 1.54) is 6.07 Å². The van der Waals surface area contributed by atoms with Crippen LogP contribution < -0.4 is 5.32 Å². The molecule has 0 radical (unpaired) electrons. The smallest absolute Gasteiger partial charge is 0.253 e. The van der Waals surface area contributed by atoms with E-state index < -0.39 is 5.82 Å². The second-order valence-electron chi connectivity index (χ2n) is 6.37. The van der Waals surface area contributed by atoms with Crippen LogP contribution in [-0.2, 0) is 0 Å². The van der Waals surface area contributed by atoms with Gasteiger partial charge in [-0.2, -0.15) is 0 Å². The van der Waals surface area contributed by atoms with Crippen LogP contribution in [0, 0.1) is 18.7 Å². The number of H-pyrrole nitrogens is 1. The number of carbonyl (C=O) groups excluding carboxylic acids is 1. The van der Waals surface area contributed by atoms with Crippen molar-refractivity contribution in [2.75, 3.05) is 20.1 Å². The van der Waals surface area contributed by atoms with Crippen molar-refractivity contribution in [3.63, 3.8) is 0 Å². The summed E-state index contributed by atoms with van der Waals surface area (Å²) >= 11 is 5.79. The number of nitrogens with zero attached hydrogens (tertiary/aromatic N) is 1. The Morgan fingerprint density at radius 1 is 1.46 bits per heavy atom. The highest BCUT2D eigenvalue weighted by molar-refractivity contribution is 6.30. The van der Waals surface area contributed by atoms with Gasteiger partial charge in [-0.15, -0.1) is 0 Å². The monoisotopic (exact) mass is 349 g/mol. The fourth-order valence-corrected chi connectivity index (χ4v) is 3.60. The van der Waals surface area contributed by atoms with Crippen molar-refractivity contribution in [1.82, 2.24) is 15.2 Å². The normalized spacial score (nSPS) is 21.2. The minimum atomic E-state index is -0.403. The molecule has 0 saturated carbocycles. The Morgan fingerprint density at radius 2 is 2.25 bits per heavy atom. The highest BCUT2D eigenvalue weighted by atomic mass is 35.5. The van der Waals surface area contributed by atoms with Gasteiger partial charge in [0.15, 0.2) is 0 Å². The van der Waals surface area contributed by atoms with Crippen LogP contribution in [0.2, 0.25) is 5.02 Å². The zero-order valence-electron chi connectivity index (χ0n) is 13.8. The Kier molecular flexibility index (Phi) is 4.92. The zero-order chi connectivity index (χ0) is 17.3. The van der Waals surface area contributed by atoms with Gasteiger partial charge in [-0.3, -0.25) is 9.69 Å². The van der Waals surface area contributed by atoms with Crippen LogP contribution in [0.1, 0.15) is 34.1 Å². The number of halogens is 2. The summed E-state index contributed by atoms with van der Waals surface area (Å²) in [7, 11) is 2.02. The van der Waals surface area contributed by atoms with Gasteiger partial charge in [0, 0.05) is 24.5 Å². The van der Waals surface area contributed by atoms with Crippen molar-refractivity contribution >= 4 is 17.5 Å². The van der Waals surface area contributed by atoms with Gasteiger partial charge in [-0.1, -0.05) is 17.7 Å². The van der Waals surface area contributed by atoms with E-state index in [0.717, 1.165) is 24.2 Å². The summed E-state index contributed by atoms with van der Waals surface area (Å²) in [6, 6.07) is 6.81. The number of nitrogens with one attached hydrogen (secondary N) is 2. The molecule has 1 aliphatic heterocycles. The van der Waals surface area contributed by atoms with Crippen molar-refractivity contribution in [3.8, 4) is 0 Å². The summed E-state index contributed by atoms with van der Waals surface area (Å²) < 4.78 is 13.8. The fraction of sp³-hybridized carbons (Fsp3) is 0.389. The van der Waals surface area contributed by atoms with E-state index in [0.29, 0.717) is 12.1 Å². The van der Waals surface area contributed by atoms with E-state index in [1.54, 1.807) is 18.3 Å². The van der Waals surface area contributed by atoms with Crippen molar-refractivity contribution in [2.45, 2.75) is 19.4 Å². The number of aromatic amines is 1. The van der Waals surface area contributed by atoms with E-state index in [2.05, 4.69) is 15.2 Å². The van der Waals surface area contributed by atoms with Gasteiger partial charge in [-0.25, -0.2) is 4.39 Å². The maximum Gasteiger partial charge on any atom is 0.253 e. The van der Waals surface area contributed by atoms with E-state index >= 15 is 0 Å². The van der Waals surface area contributed by atoms with E-state index in [9.17, 15) is 9.18 Å². The molecule has 2 N–H and O–H groups in total. The van der Waals surface area contributed by atoms with Crippen molar-refractivity contribution in [2.24, 2.45) is 5.92 Å². The summed E-state index contributed by atoms with van der Waals surface area (Å²) in [5.41, 5.74) is 2.41. The summed E-state index contributed by atoms with van der Waals surface area (Å²) in [5, 5.41) is 3.14. The third-order valence-corrected chi connectivity index (χ3v) is 5.09. The molecule has 0 spiro atoms. The number of rotatable bonds is 4. The standard InChI is InChI=1S/C18H21ClFN3O/c1-11-14(5-7-21-11)18(24)22-10-13-6-8-23(2)17(13)12-3-4-15(19)16(20)9-12/h3-5,7,9,13,17,21H,6,8,10H2,1-2H3,(H,22,24)/t13-,17+/m1/s1. The van der Waals surface area contributed by atoms with Crippen LogP contribution in [0.4, 0.5) is 4.39 Å². The maximum absolute atomic E-state index is 13.8. The molecule has 4 nitrogen and oxygen atoms in total. The van der Waals surface area contributed by atoms with E-state index in [-0.39, 0.29) is 22.9 Å². The molecule has 1 fully saturated rings. The minimum absolute atomic E-state index is 0.0735. The molecule has 24 heavy (non-hydrogen) atoms. The van der Waals surface area contributed by atoms with Crippen molar-refractivity contribution in [3.05, 3.63) is 58.1 Å². The molecular formula is C18H21ClFN3O. The van der Waals surface area contributed by atoms with Gasteiger partial charge < -0.3 is 10.3 Å². The number of aryl methyl sites for hydroxylation is 1. The van der Waals surface area contributed by atoms with Crippen LogP contribution in [0.5, 0.6) is 0 Å². The van der Waals surface area contributed by atoms with Crippen LogP contribution in [0.15, 0.2) is 30.5 Å². The van der Waals surface area contributed by atoms with Gasteiger partial charge in [0.2, 0.25) is 0 Å². The number of carbonyl (C=O) groups is 1. The molecule has 1 aliphatic rings. The largest absolute Gasteiger partial charge is 0.365 e. The minimum Gasteiger partial charge on any atom is -0.365 e. The predicted octanol–water partition coefficient (Wildman–Crippen LogP) is 3.54. The van der Waals surface area contributed by atoms with Crippen LogP contribution in [0.3, 0.4) is 0 Å². The number of aromatic nitrogens is 1. The second kappa shape index (κ2) is 6.95. The van der Waals surface area contributed by atoms with Gasteiger partial charge in [-0.05, 0) is 56.6 Å². The Balaban J connectivity index is 1.71. The first-order chi connectivity index (χ1) is 11.5. The highest BCUT2D eigenvalue weighted by Crippen LogP contribution is 2.36. The van der Waals surface area contributed by atoms with Gasteiger partial charge >= 0.3 is 0 Å². The molecule has 0 bridgehead atoms. The molecule has 1 aromatic heterocycles. The Labute approximate surface area is 146 Å². The molecule has 1 aromatic carbocycles. The molecule has 2 heterocycles. The number of likely N-dealkylation sites (tertiary alicyclic amines) is 1. The molecule has 0 unspecified atom stereocenters. The van der Waals surface area contributed by atoms with Crippen LogP contribution in [0.25, 0.3) is 0 Å². The summed E-state index contributed by atoms with van der Waals surface area (Å²) in [4.78, 5) is 17.5. The lowest BCUT2D eigenvalue weighted by Gasteiger charge is -2.26. The predicted molar refractivity (Wildman–Crippen MR) is 92.8 cm³/mol. The maximum atomic E-state index is 13.8. The summed E-state index contributed by atoms with van der Waals surface area (Å²) in [5.74, 6) is -0.247. The lowest BCUT2D eigenvalue weighted by Crippen LogP contribution is -2.32. The third-order valence-electron chi connectivity index (χ3n) is 4.78. The molecule has 2 atom stereocenters. The first-order valence-electron chi connectivity index (χ1n) is 8.04. The first-order valence-corrected chi connectivity index (χ1v) is 8.42. The highest BCUT2D eigenvalue weighted by Gasteiger charge is 2.33. The SMILES string of the molecule is Cc1[nH]ccc1C(=O)NC[C@H]1CCN(C)[C@H]1c1ccc(Cl)c(F)c1. The molecule has 0 aliphatic carbocycles. The molecule has 3 rings (SSSR count). The van der Waals surface area contributed by atoms with E-state index in [1.807, 2.05) is 20.0 Å². The van der Waals surface area contributed by atoms with E-state index in [4.69, 9.17) is 11.6 Å². The Hall–Kier alpha value is -1.85. The number of amides is 1. The van der Waals surface area contributed by atoms with Gasteiger partial charge in [0.05, 0.1) is 10.6 Å². The molecule has 2 aromatic rings. The van der Waals surface area contributed by atoms with Crippen molar-refractivity contribution in [1.29, 1.82) is 0 Å². The lowest BCUT2D eigenvalue weighted by molar-refractivity contribution is 0.0943. The van der Waals surface area contributed by atoms with Crippen LogP contribution >= 0.6 is 11.6 Å². The molecular weight excluding hydrogens is 329 g/mol. The van der Waals surface area contributed by atoms with Crippen LogP contribution in [-0.4, -0.2) is 35.9 Å². The average Bonchev–Trinajstić information content (AvgIpc) is 3.14. The molecule has 1 amide bonds. The average molecular weight is 350 g/mol. The lowest BCUT2D eigenvalue weighted by atomic mass is 9.93. The number of benzene rings is 1. The Bertz CT molecular complexity index is 746. The number of hydrogen-bond acceptors (Lipinski definition) is 2. The summed E-state index contributed by atoms with van der Waals surface area (Å²) in [6.07, 6.45) is 2.71. The second-order valence-corrected chi connectivity index (χ2v) is 6.78. The topological polar surface area (TPSA) is 48.1 Å².